The summed E-state index contributed by atoms with van der Waals surface area (Å²) in [6, 6.07) is 0.372. The lowest BCUT2D eigenvalue weighted by molar-refractivity contribution is -0.122. The van der Waals surface area contributed by atoms with E-state index in [4.69, 9.17) is 11.6 Å². The van der Waals surface area contributed by atoms with Gasteiger partial charge in [-0.05, 0) is 18.8 Å². The van der Waals surface area contributed by atoms with Gasteiger partial charge in [0.05, 0.1) is 0 Å². The first-order valence-electron chi connectivity index (χ1n) is 6.09. The summed E-state index contributed by atoms with van der Waals surface area (Å²) >= 11 is 6.09. The lowest BCUT2D eigenvalue weighted by Gasteiger charge is -2.25. The van der Waals surface area contributed by atoms with Crippen molar-refractivity contribution in [2.75, 3.05) is 0 Å². The van der Waals surface area contributed by atoms with Crippen LogP contribution in [0.4, 0.5) is 0 Å². The average Bonchev–Trinajstić information content (AvgIpc) is 2.28. The lowest BCUT2D eigenvalue weighted by atomic mass is 9.95. The second-order valence-electron chi connectivity index (χ2n) is 4.63. The molecule has 0 aliphatic heterocycles. The molecule has 1 saturated carbocycles. The molecule has 1 aliphatic rings. The fraction of sp³-hybridized carbons (Fsp3) is 0.917. The smallest absolute Gasteiger partial charge is 0.238 e. The Morgan fingerprint density at radius 2 is 2.00 bits per heavy atom. The number of alkyl halides is 1. The molecule has 0 radical (unpaired) electrons. The number of carbonyl (C=O) groups is 1. The van der Waals surface area contributed by atoms with E-state index in [0.29, 0.717) is 6.04 Å². The molecule has 88 valence electrons. The SMILES string of the molecule is CCC(C)C(Cl)C(=O)NC1CCCCC1. The van der Waals surface area contributed by atoms with Crippen LogP contribution >= 0.6 is 11.6 Å². The zero-order valence-electron chi connectivity index (χ0n) is 9.76. The molecular formula is C12H22ClNO. The van der Waals surface area contributed by atoms with E-state index in [2.05, 4.69) is 12.2 Å². The predicted octanol–water partition coefficient (Wildman–Crippen LogP) is 3.09. The molecule has 1 N–H and O–H groups in total. The Morgan fingerprint density at radius 3 is 2.53 bits per heavy atom. The maximum Gasteiger partial charge on any atom is 0.238 e. The highest BCUT2D eigenvalue weighted by Gasteiger charge is 2.24. The molecule has 1 fully saturated rings. The molecule has 1 amide bonds. The molecule has 15 heavy (non-hydrogen) atoms. The maximum atomic E-state index is 11.8. The predicted molar refractivity (Wildman–Crippen MR) is 64.1 cm³/mol. The second kappa shape index (κ2) is 6.37. The summed E-state index contributed by atoms with van der Waals surface area (Å²) in [6.45, 7) is 4.09. The monoisotopic (exact) mass is 231 g/mol. The van der Waals surface area contributed by atoms with Crippen LogP contribution in [-0.4, -0.2) is 17.3 Å². The minimum absolute atomic E-state index is 0.0258. The fourth-order valence-electron chi connectivity index (χ4n) is 1.99. The van der Waals surface area contributed by atoms with Gasteiger partial charge in [0.1, 0.15) is 5.38 Å². The fourth-order valence-corrected chi connectivity index (χ4v) is 2.23. The van der Waals surface area contributed by atoms with Crippen molar-refractivity contribution >= 4 is 17.5 Å². The van der Waals surface area contributed by atoms with Gasteiger partial charge >= 0.3 is 0 Å². The van der Waals surface area contributed by atoms with Gasteiger partial charge in [-0.15, -0.1) is 11.6 Å². The Kier molecular flexibility index (Phi) is 5.44. The molecule has 2 atom stereocenters. The Morgan fingerprint density at radius 1 is 1.40 bits per heavy atom. The highest BCUT2D eigenvalue weighted by atomic mass is 35.5. The van der Waals surface area contributed by atoms with Gasteiger partial charge in [-0.1, -0.05) is 39.5 Å². The van der Waals surface area contributed by atoms with Gasteiger partial charge in [0.25, 0.3) is 0 Å². The van der Waals surface area contributed by atoms with E-state index in [1.165, 1.54) is 19.3 Å². The van der Waals surface area contributed by atoms with Gasteiger partial charge < -0.3 is 5.32 Å². The van der Waals surface area contributed by atoms with Crippen LogP contribution in [0.3, 0.4) is 0 Å². The third-order valence-corrected chi connectivity index (χ3v) is 3.97. The highest BCUT2D eigenvalue weighted by Crippen LogP contribution is 2.19. The van der Waals surface area contributed by atoms with Crippen LogP contribution in [0.2, 0.25) is 0 Å². The number of rotatable bonds is 4. The zero-order valence-corrected chi connectivity index (χ0v) is 10.5. The van der Waals surface area contributed by atoms with Gasteiger partial charge in [0, 0.05) is 6.04 Å². The number of carbonyl (C=O) groups excluding carboxylic acids is 1. The quantitative estimate of drug-likeness (QED) is 0.741. The molecule has 1 aliphatic carbocycles. The first-order valence-corrected chi connectivity index (χ1v) is 6.53. The summed E-state index contributed by atoms with van der Waals surface area (Å²) in [4.78, 5) is 11.8. The molecule has 0 heterocycles. The second-order valence-corrected chi connectivity index (χ2v) is 5.10. The first-order chi connectivity index (χ1) is 7.15. The molecule has 0 aromatic heterocycles. The van der Waals surface area contributed by atoms with E-state index >= 15 is 0 Å². The van der Waals surface area contributed by atoms with E-state index in [0.717, 1.165) is 19.3 Å². The topological polar surface area (TPSA) is 29.1 Å². The Bertz CT molecular complexity index is 202. The van der Waals surface area contributed by atoms with Crippen molar-refractivity contribution in [1.29, 1.82) is 0 Å². The maximum absolute atomic E-state index is 11.8. The average molecular weight is 232 g/mol. The van der Waals surface area contributed by atoms with Crippen molar-refractivity contribution in [2.45, 2.75) is 63.8 Å². The summed E-state index contributed by atoms with van der Waals surface area (Å²) in [6.07, 6.45) is 6.97. The Hall–Kier alpha value is -0.240. The summed E-state index contributed by atoms with van der Waals surface area (Å²) in [5.74, 6) is 0.285. The molecule has 2 unspecified atom stereocenters. The third kappa shape index (κ3) is 4.02. The summed E-state index contributed by atoms with van der Waals surface area (Å²) < 4.78 is 0. The highest BCUT2D eigenvalue weighted by molar-refractivity contribution is 6.30. The lowest BCUT2D eigenvalue weighted by Crippen LogP contribution is -2.42. The van der Waals surface area contributed by atoms with E-state index < -0.39 is 0 Å². The van der Waals surface area contributed by atoms with Crippen LogP contribution in [0.1, 0.15) is 52.4 Å². The van der Waals surface area contributed by atoms with E-state index in [-0.39, 0.29) is 17.2 Å². The molecule has 0 bridgehead atoms. The molecule has 0 aromatic carbocycles. The molecule has 1 rings (SSSR count). The Balaban J connectivity index is 2.33. The van der Waals surface area contributed by atoms with Crippen molar-refractivity contribution < 1.29 is 4.79 Å². The van der Waals surface area contributed by atoms with E-state index in [1.54, 1.807) is 0 Å². The van der Waals surface area contributed by atoms with Crippen LogP contribution < -0.4 is 5.32 Å². The number of hydrogen-bond donors (Lipinski definition) is 1. The van der Waals surface area contributed by atoms with Gasteiger partial charge in [0.2, 0.25) is 5.91 Å². The number of halogens is 1. The summed E-state index contributed by atoms with van der Waals surface area (Å²) in [7, 11) is 0. The van der Waals surface area contributed by atoms with Crippen LogP contribution in [0.15, 0.2) is 0 Å². The summed E-state index contributed by atoms with van der Waals surface area (Å²) in [5.41, 5.74) is 0. The standard InChI is InChI=1S/C12H22ClNO/c1-3-9(2)11(13)12(15)14-10-7-5-4-6-8-10/h9-11H,3-8H2,1-2H3,(H,14,15). The van der Waals surface area contributed by atoms with Crippen LogP contribution in [0.25, 0.3) is 0 Å². The van der Waals surface area contributed by atoms with Crippen molar-refractivity contribution in [3.8, 4) is 0 Å². The van der Waals surface area contributed by atoms with Crippen molar-refractivity contribution in [1.82, 2.24) is 5.32 Å². The van der Waals surface area contributed by atoms with Gasteiger partial charge in [-0.2, -0.15) is 0 Å². The summed E-state index contributed by atoms with van der Waals surface area (Å²) in [5, 5.41) is 2.70. The van der Waals surface area contributed by atoms with Crippen LogP contribution in [-0.2, 0) is 4.79 Å². The third-order valence-electron chi connectivity index (χ3n) is 3.35. The number of hydrogen-bond acceptors (Lipinski definition) is 1. The molecular weight excluding hydrogens is 210 g/mol. The minimum Gasteiger partial charge on any atom is -0.352 e. The van der Waals surface area contributed by atoms with Crippen molar-refractivity contribution in [3.05, 3.63) is 0 Å². The molecule has 0 saturated heterocycles. The minimum atomic E-state index is -0.364. The molecule has 2 nitrogen and oxygen atoms in total. The van der Waals surface area contributed by atoms with Crippen LogP contribution in [0.5, 0.6) is 0 Å². The largest absolute Gasteiger partial charge is 0.352 e. The van der Waals surface area contributed by atoms with Gasteiger partial charge in [-0.3, -0.25) is 4.79 Å². The normalized spacial score (nSPS) is 22.1. The number of amides is 1. The number of nitrogens with one attached hydrogen (secondary N) is 1. The van der Waals surface area contributed by atoms with Gasteiger partial charge in [-0.25, -0.2) is 0 Å². The zero-order chi connectivity index (χ0) is 11.3. The van der Waals surface area contributed by atoms with Crippen molar-refractivity contribution in [3.63, 3.8) is 0 Å². The molecule has 0 aromatic rings. The van der Waals surface area contributed by atoms with E-state index in [1.807, 2.05) is 6.92 Å². The van der Waals surface area contributed by atoms with Gasteiger partial charge in [0.15, 0.2) is 0 Å². The molecule has 0 spiro atoms. The first kappa shape index (κ1) is 12.8. The van der Waals surface area contributed by atoms with Crippen molar-refractivity contribution in [2.24, 2.45) is 5.92 Å². The molecule has 3 heteroatoms. The van der Waals surface area contributed by atoms with Crippen LogP contribution in [0, 0.1) is 5.92 Å². The van der Waals surface area contributed by atoms with E-state index in [9.17, 15) is 4.79 Å². The Labute approximate surface area is 97.8 Å².